The third-order valence-corrected chi connectivity index (χ3v) is 3.78. The molecule has 0 aliphatic rings. The van der Waals surface area contributed by atoms with Crippen molar-refractivity contribution in [3.63, 3.8) is 0 Å². The number of ether oxygens (including phenoxy) is 1. The zero-order valence-corrected chi connectivity index (χ0v) is 11.1. The van der Waals surface area contributed by atoms with Crippen LogP contribution in [0.1, 0.15) is 0 Å². The summed E-state index contributed by atoms with van der Waals surface area (Å²) >= 11 is 0. The maximum Gasteiger partial charge on any atom is 0.127 e. The molecule has 2 heteroatoms. The van der Waals surface area contributed by atoms with Gasteiger partial charge >= 0.3 is 0 Å². The number of hydrogen-bond acceptors (Lipinski definition) is 2. The van der Waals surface area contributed by atoms with Crippen molar-refractivity contribution >= 4 is 32.4 Å². The van der Waals surface area contributed by atoms with Gasteiger partial charge in [-0.15, -0.1) is 0 Å². The smallest absolute Gasteiger partial charge is 0.127 e. The van der Waals surface area contributed by atoms with Gasteiger partial charge in [-0.2, -0.15) is 0 Å². The van der Waals surface area contributed by atoms with E-state index in [2.05, 4.69) is 41.4 Å². The minimum atomic E-state index is 0.895. The van der Waals surface area contributed by atoms with Crippen LogP contribution in [0, 0.1) is 0 Å². The first-order chi connectivity index (χ1) is 9.88. The van der Waals surface area contributed by atoms with E-state index in [1.54, 1.807) is 7.11 Å². The number of hydrogen-bond donors (Lipinski definition) is 0. The van der Waals surface area contributed by atoms with Crippen LogP contribution < -0.4 is 4.74 Å². The molecule has 4 aromatic rings. The standard InChI is InChI=1S/C18H13NO/c1-20-17-10-16-13-7-3-2-6-12(13)11-19-18(16)15-9-5-4-8-14(15)17/h2-11H,1H3. The summed E-state index contributed by atoms with van der Waals surface area (Å²) in [4.78, 5) is 4.66. The highest BCUT2D eigenvalue weighted by atomic mass is 16.5. The Labute approximate surface area is 116 Å². The highest BCUT2D eigenvalue weighted by molar-refractivity contribution is 6.16. The first-order valence-electron chi connectivity index (χ1n) is 6.61. The largest absolute Gasteiger partial charge is 0.496 e. The number of nitrogens with zero attached hydrogens (tertiary/aromatic N) is 1. The molecule has 3 aromatic carbocycles. The van der Waals surface area contributed by atoms with Crippen LogP contribution in [-0.4, -0.2) is 12.1 Å². The van der Waals surface area contributed by atoms with E-state index in [1.807, 2.05) is 24.4 Å². The number of rotatable bonds is 1. The molecular formula is C18H13NO. The zero-order chi connectivity index (χ0) is 13.5. The molecule has 0 spiro atoms. The highest BCUT2D eigenvalue weighted by Gasteiger charge is 2.09. The van der Waals surface area contributed by atoms with E-state index >= 15 is 0 Å². The van der Waals surface area contributed by atoms with Gasteiger partial charge in [0.15, 0.2) is 0 Å². The molecule has 4 rings (SSSR count). The number of methoxy groups -OCH3 is 1. The molecule has 0 N–H and O–H groups in total. The monoisotopic (exact) mass is 259 g/mol. The van der Waals surface area contributed by atoms with Crippen molar-refractivity contribution in [2.24, 2.45) is 0 Å². The van der Waals surface area contributed by atoms with Crippen LogP contribution in [-0.2, 0) is 0 Å². The SMILES string of the molecule is COc1cc2c3ccccc3cnc2c2ccccc12. The fourth-order valence-corrected chi connectivity index (χ4v) is 2.83. The maximum atomic E-state index is 5.56. The number of aromatic nitrogens is 1. The normalized spacial score (nSPS) is 11.2. The summed E-state index contributed by atoms with van der Waals surface area (Å²) in [6.45, 7) is 0. The van der Waals surface area contributed by atoms with E-state index in [9.17, 15) is 0 Å². The fourth-order valence-electron chi connectivity index (χ4n) is 2.83. The Balaban J connectivity index is 2.30. The van der Waals surface area contributed by atoms with Crippen LogP contribution >= 0.6 is 0 Å². The van der Waals surface area contributed by atoms with Crippen molar-refractivity contribution in [2.45, 2.75) is 0 Å². The lowest BCUT2D eigenvalue weighted by Crippen LogP contribution is -1.89. The van der Waals surface area contributed by atoms with Gasteiger partial charge in [0.2, 0.25) is 0 Å². The van der Waals surface area contributed by atoms with Crippen molar-refractivity contribution in [2.75, 3.05) is 7.11 Å². The lowest BCUT2D eigenvalue weighted by molar-refractivity contribution is 0.420. The predicted molar refractivity (Wildman–Crippen MR) is 83.3 cm³/mol. The Morgan fingerprint density at radius 1 is 0.800 bits per heavy atom. The van der Waals surface area contributed by atoms with Crippen molar-refractivity contribution in [3.05, 3.63) is 60.8 Å². The van der Waals surface area contributed by atoms with Gasteiger partial charge in [0, 0.05) is 27.7 Å². The van der Waals surface area contributed by atoms with Gasteiger partial charge in [0.05, 0.1) is 12.6 Å². The van der Waals surface area contributed by atoms with Crippen LogP contribution in [0.3, 0.4) is 0 Å². The van der Waals surface area contributed by atoms with Crippen LogP contribution in [0.4, 0.5) is 0 Å². The van der Waals surface area contributed by atoms with E-state index < -0.39 is 0 Å². The molecule has 0 radical (unpaired) electrons. The van der Waals surface area contributed by atoms with Crippen LogP contribution in [0.15, 0.2) is 60.8 Å². The highest BCUT2D eigenvalue weighted by Crippen LogP contribution is 2.35. The number of benzene rings is 3. The Kier molecular flexibility index (Phi) is 2.36. The maximum absolute atomic E-state index is 5.56. The minimum absolute atomic E-state index is 0.895. The lowest BCUT2D eigenvalue weighted by Gasteiger charge is -2.10. The number of fused-ring (bicyclic) bond motifs is 5. The molecule has 1 heterocycles. The van der Waals surface area contributed by atoms with Crippen molar-refractivity contribution in [3.8, 4) is 5.75 Å². The zero-order valence-electron chi connectivity index (χ0n) is 11.1. The second kappa shape index (κ2) is 4.20. The Morgan fingerprint density at radius 2 is 1.50 bits per heavy atom. The molecule has 0 atom stereocenters. The van der Waals surface area contributed by atoms with Crippen molar-refractivity contribution in [1.29, 1.82) is 0 Å². The van der Waals surface area contributed by atoms with Gasteiger partial charge in [-0.1, -0.05) is 48.5 Å². The summed E-state index contributed by atoms with van der Waals surface area (Å²) in [5.41, 5.74) is 1.03. The molecule has 1 aromatic heterocycles. The Morgan fingerprint density at radius 3 is 2.30 bits per heavy atom. The number of pyridine rings is 1. The first kappa shape index (κ1) is 11.2. The minimum Gasteiger partial charge on any atom is -0.496 e. The molecule has 0 aliphatic carbocycles. The summed E-state index contributed by atoms with van der Waals surface area (Å²) in [6, 6.07) is 18.6. The van der Waals surface area contributed by atoms with E-state index in [0.717, 1.165) is 32.8 Å². The molecule has 0 unspecified atom stereocenters. The lowest BCUT2D eigenvalue weighted by atomic mass is 10.0. The molecule has 0 bridgehead atoms. The first-order valence-corrected chi connectivity index (χ1v) is 6.61. The molecule has 2 nitrogen and oxygen atoms in total. The summed E-state index contributed by atoms with van der Waals surface area (Å²) in [7, 11) is 1.71. The van der Waals surface area contributed by atoms with Gasteiger partial charge in [-0.25, -0.2) is 0 Å². The van der Waals surface area contributed by atoms with Gasteiger partial charge in [-0.3, -0.25) is 4.98 Å². The molecule has 20 heavy (non-hydrogen) atoms. The van der Waals surface area contributed by atoms with Gasteiger partial charge in [-0.05, 0) is 11.5 Å². The van der Waals surface area contributed by atoms with Gasteiger partial charge < -0.3 is 4.74 Å². The molecule has 0 aliphatic heterocycles. The van der Waals surface area contributed by atoms with Crippen molar-refractivity contribution < 1.29 is 4.74 Å². The summed E-state index contributed by atoms with van der Waals surface area (Å²) in [5, 5.41) is 5.73. The summed E-state index contributed by atoms with van der Waals surface area (Å²) in [6.07, 6.45) is 1.94. The third-order valence-electron chi connectivity index (χ3n) is 3.78. The van der Waals surface area contributed by atoms with Crippen molar-refractivity contribution in [1.82, 2.24) is 4.98 Å². The quantitative estimate of drug-likeness (QED) is 0.468. The molecule has 96 valence electrons. The third kappa shape index (κ3) is 1.48. The van der Waals surface area contributed by atoms with Crippen LogP contribution in [0.25, 0.3) is 32.4 Å². The topological polar surface area (TPSA) is 22.1 Å². The predicted octanol–water partition coefficient (Wildman–Crippen LogP) is 4.55. The molecule has 0 fully saturated rings. The average molecular weight is 259 g/mol. The Bertz CT molecular complexity index is 944. The van der Waals surface area contributed by atoms with E-state index in [-0.39, 0.29) is 0 Å². The molecule has 0 amide bonds. The van der Waals surface area contributed by atoms with Gasteiger partial charge in [0.1, 0.15) is 5.75 Å². The van der Waals surface area contributed by atoms with E-state index in [0.29, 0.717) is 0 Å². The summed E-state index contributed by atoms with van der Waals surface area (Å²) in [5.74, 6) is 0.895. The van der Waals surface area contributed by atoms with Gasteiger partial charge in [0.25, 0.3) is 0 Å². The Hall–Kier alpha value is -2.61. The molecule has 0 saturated heterocycles. The van der Waals surface area contributed by atoms with E-state index in [4.69, 9.17) is 4.74 Å². The van der Waals surface area contributed by atoms with Crippen LogP contribution in [0.2, 0.25) is 0 Å². The average Bonchev–Trinajstić information content (AvgIpc) is 2.53. The molecule has 0 saturated carbocycles. The van der Waals surface area contributed by atoms with E-state index in [1.165, 1.54) is 5.39 Å². The van der Waals surface area contributed by atoms with Crippen LogP contribution in [0.5, 0.6) is 5.75 Å². The second-order valence-electron chi connectivity index (χ2n) is 4.87. The summed E-state index contributed by atoms with van der Waals surface area (Å²) < 4.78 is 5.56. The molecular weight excluding hydrogens is 246 g/mol. The fraction of sp³-hybridized carbons (Fsp3) is 0.0556. The second-order valence-corrected chi connectivity index (χ2v) is 4.87.